The first-order valence-electron chi connectivity index (χ1n) is 8.85. The molecule has 1 saturated carbocycles. The van der Waals surface area contributed by atoms with Crippen LogP contribution in [0.15, 0.2) is 0 Å². The molecule has 1 amide bonds. The van der Waals surface area contributed by atoms with Crippen LogP contribution in [0.25, 0.3) is 0 Å². The fourth-order valence-electron chi connectivity index (χ4n) is 3.24. The second kappa shape index (κ2) is 10.2. The maximum Gasteiger partial charge on any atom is 0.234 e. The lowest BCUT2D eigenvalue weighted by Gasteiger charge is -2.35. The van der Waals surface area contributed by atoms with Crippen LogP contribution in [0.5, 0.6) is 0 Å². The Morgan fingerprint density at radius 2 is 1.90 bits per heavy atom. The Hall–Kier alpha value is -0.610. The van der Waals surface area contributed by atoms with Crippen LogP contribution in [0, 0.1) is 0 Å². The topological polar surface area (TPSA) is 58.4 Å². The normalized spacial score (nSPS) is 24.0. The van der Waals surface area contributed by atoms with Crippen molar-refractivity contribution in [3.8, 4) is 0 Å². The van der Waals surface area contributed by atoms with Crippen molar-refractivity contribution in [2.45, 2.75) is 90.3 Å². The molecule has 0 spiro atoms. The summed E-state index contributed by atoms with van der Waals surface area (Å²) in [6.45, 7) is 7.94. The fourth-order valence-corrected chi connectivity index (χ4v) is 3.24. The molecule has 0 bridgehead atoms. The first-order chi connectivity index (χ1) is 10.1. The Labute approximate surface area is 130 Å². The minimum absolute atomic E-state index is 0.177. The molecule has 0 saturated heterocycles. The zero-order valence-electron chi connectivity index (χ0n) is 14.2. The molecule has 1 aliphatic rings. The van der Waals surface area contributed by atoms with E-state index in [1.807, 2.05) is 0 Å². The number of hydrogen-bond acceptors (Lipinski definition) is 3. The highest BCUT2D eigenvalue weighted by Crippen LogP contribution is 2.21. The van der Waals surface area contributed by atoms with E-state index in [-0.39, 0.29) is 5.91 Å². The van der Waals surface area contributed by atoms with E-state index in [0.717, 1.165) is 38.6 Å². The van der Waals surface area contributed by atoms with Crippen molar-refractivity contribution in [3.63, 3.8) is 0 Å². The quantitative estimate of drug-likeness (QED) is 0.643. The molecule has 1 fully saturated rings. The van der Waals surface area contributed by atoms with Crippen LogP contribution in [0.3, 0.4) is 0 Å². The molecule has 4 nitrogen and oxygen atoms in total. The largest absolute Gasteiger partial charge is 0.353 e. The van der Waals surface area contributed by atoms with Gasteiger partial charge in [0.2, 0.25) is 5.91 Å². The van der Waals surface area contributed by atoms with E-state index in [2.05, 4.69) is 31.0 Å². The highest BCUT2D eigenvalue weighted by molar-refractivity contribution is 5.78. The fraction of sp³-hybridized carbons (Fsp3) is 0.941. The number of rotatable bonds is 9. The SMILES string of the molecule is CCCCCC(C)NC(=O)CN(CC)C1CCC(N)CC1. The Bertz CT molecular complexity index is 288. The maximum atomic E-state index is 12.2. The van der Waals surface area contributed by atoms with Crippen molar-refractivity contribution in [2.24, 2.45) is 5.73 Å². The van der Waals surface area contributed by atoms with Gasteiger partial charge in [-0.05, 0) is 45.6 Å². The molecule has 0 aromatic carbocycles. The summed E-state index contributed by atoms with van der Waals surface area (Å²) >= 11 is 0. The minimum Gasteiger partial charge on any atom is -0.353 e. The van der Waals surface area contributed by atoms with E-state index < -0.39 is 0 Å². The lowest BCUT2D eigenvalue weighted by Crippen LogP contribution is -2.47. The van der Waals surface area contributed by atoms with Crippen molar-refractivity contribution < 1.29 is 4.79 Å². The minimum atomic E-state index is 0.177. The van der Waals surface area contributed by atoms with Crippen LogP contribution in [0.2, 0.25) is 0 Å². The van der Waals surface area contributed by atoms with Gasteiger partial charge in [0.05, 0.1) is 6.54 Å². The number of unbranched alkanes of at least 4 members (excludes halogenated alkanes) is 2. The average molecular weight is 297 g/mol. The van der Waals surface area contributed by atoms with Crippen LogP contribution in [-0.4, -0.2) is 42.0 Å². The number of nitrogens with one attached hydrogen (secondary N) is 1. The van der Waals surface area contributed by atoms with E-state index in [0.29, 0.717) is 24.7 Å². The van der Waals surface area contributed by atoms with Gasteiger partial charge in [-0.25, -0.2) is 0 Å². The summed E-state index contributed by atoms with van der Waals surface area (Å²) in [5, 5.41) is 3.15. The zero-order chi connectivity index (χ0) is 15.7. The number of carbonyl (C=O) groups is 1. The predicted molar refractivity (Wildman–Crippen MR) is 89.2 cm³/mol. The van der Waals surface area contributed by atoms with Crippen molar-refractivity contribution >= 4 is 5.91 Å². The summed E-state index contributed by atoms with van der Waals surface area (Å²) < 4.78 is 0. The summed E-state index contributed by atoms with van der Waals surface area (Å²) in [7, 11) is 0. The number of amides is 1. The van der Waals surface area contributed by atoms with Gasteiger partial charge in [-0.1, -0.05) is 33.1 Å². The van der Waals surface area contributed by atoms with Crippen LogP contribution in [0.1, 0.15) is 72.1 Å². The average Bonchev–Trinajstić information content (AvgIpc) is 2.46. The Balaban J connectivity index is 2.30. The molecule has 21 heavy (non-hydrogen) atoms. The molecule has 1 unspecified atom stereocenters. The molecule has 0 aliphatic heterocycles. The number of carbonyl (C=O) groups excluding carboxylic acids is 1. The number of nitrogens with two attached hydrogens (primary N) is 1. The van der Waals surface area contributed by atoms with E-state index in [4.69, 9.17) is 5.73 Å². The molecule has 3 N–H and O–H groups in total. The lowest BCUT2D eigenvalue weighted by molar-refractivity contribution is -0.123. The molecule has 1 rings (SSSR count). The molecule has 4 heteroatoms. The molecular formula is C17H35N3O. The number of hydrogen-bond donors (Lipinski definition) is 2. The Kier molecular flexibility index (Phi) is 8.93. The van der Waals surface area contributed by atoms with Gasteiger partial charge in [0.1, 0.15) is 0 Å². The lowest BCUT2D eigenvalue weighted by atomic mass is 9.90. The molecular weight excluding hydrogens is 262 g/mol. The summed E-state index contributed by atoms with van der Waals surface area (Å²) in [5.74, 6) is 0.177. The van der Waals surface area contributed by atoms with Crippen molar-refractivity contribution in [1.82, 2.24) is 10.2 Å². The third-order valence-corrected chi connectivity index (χ3v) is 4.66. The Morgan fingerprint density at radius 3 is 2.48 bits per heavy atom. The van der Waals surface area contributed by atoms with Crippen LogP contribution >= 0.6 is 0 Å². The van der Waals surface area contributed by atoms with E-state index in [1.54, 1.807) is 0 Å². The van der Waals surface area contributed by atoms with E-state index in [9.17, 15) is 4.79 Å². The van der Waals surface area contributed by atoms with Crippen molar-refractivity contribution in [1.29, 1.82) is 0 Å². The van der Waals surface area contributed by atoms with Crippen LogP contribution in [-0.2, 0) is 4.79 Å². The van der Waals surface area contributed by atoms with Crippen molar-refractivity contribution in [2.75, 3.05) is 13.1 Å². The van der Waals surface area contributed by atoms with E-state index >= 15 is 0 Å². The number of nitrogens with zero attached hydrogens (tertiary/aromatic N) is 1. The molecule has 1 atom stereocenters. The van der Waals surface area contributed by atoms with Crippen molar-refractivity contribution in [3.05, 3.63) is 0 Å². The standard InChI is InChI=1S/C17H35N3O/c1-4-6-7-8-14(3)19-17(21)13-20(5-2)16-11-9-15(18)10-12-16/h14-16H,4-13,18H2,1-3H3,(H,19,21). The van der Waals surface area contributed by atoms with Gasteiger partial charge < -0.3 is 11.1 Å². The molecule has 0 aromatic rings. The monoisotopic (exact) mass is 297 g/mol. The summed E-state index contributed by atoms with van der Waals surface area (Å²) in [4.78, 5) is 14.5. The highest BCUT2D eigenvalue weighted by Gasteiger charge is 2.24. The van der Waals surface area contributed by atoms with Crippen LogP contribution in [0.4, 0.5) is 0 Å². The number of likely N-dealkylation sites (N-methyl/N-ethyl adjacent to an activating group) is 1. The van der Waals surface area contributed by atoms with Gasteiger partial charge in [-0.3, -0.25) is 9.69 Å². The third kappa shape index (κ3) is 7.28. The summed E-state index contributed by atoms with van der Waals surface area (Å²) in [6.07, 6.45) is 9.23. The Morgan fingerprint density at radius 1 is 1.24 bits per heavy atom. The first kappa shape index (κ1) is 18.4. The molecule has 0 aromatic heterocycles. The van der Waals surface area contributed by atoms with Gasteiger partial charge in [0.15, 0.2) is 0 Å². The third-order valence-electron chi connectivity index (χ3n) is 4.66. The molecule has 124 valence electrons. The summed E-state index contributed by atoms with van der Waals surface area (Å²) in [6, 6.07) is 1.20. The first-order valence-corrected chi connectivity index (χ1v) is 8.85. The smallest absolute Gasteiger partial charge is 0.234 e. The molecule has 1 aliphatic carbocycles. The molecule has 0 heterocycles. The second-order valence-corrected chi connectivity index (χ2v) is 6.60. The van der Waals surface area contributed by atoms with Crippen LogP contribution < -0.4 is 11.1 Å². The molecule has 0 radical (unpaired) electrons. The zero-order valence-corrected chi connectivity index (χ0v) is 14.2. The maximum absolute atomic E-state index is 12.2. The van der Waals surface area contributed by atoms with Gasteiger partial charge in [-0.2, -0.15) is 0 Å². The van der Waals surface area contributed by atoms with Gasteiger partial charge >= 0.3 is 0 Å². The summed E-state index contributed by atoms with van der Waals surface area (Å²) in [5.41, 5.74) is 5.97. The highest BCUT2D eigenvalue weighted by atomic mass is 16.2. The second-order valence-electron chi connectivity index (χ2n) is 6.60. The van der Waals surface area contributed by atoms with Gasteiger partial charge in [0, 0.05) is 18.1 Å². The van der Waals surface area contributed by atoms with E-state index in [1.165, 1.54) is 19.3 Å². The predicted octanol–water partition coefficient (Wildman–Crippen LogP) is 2.66. The van der Waals surface area contributed by atoms with Gasteiger partial charge in [-0.15, -0.1) is 0 Å². The van der Waals surface area contributed by atoms with Gasteiger partial charge in [0.25, 0.3) is 0 Å².